The highest BCUT2D eigenvalue weighted by atomic mass is 79.9. The third kappa shape index (κ3) is 3.50. The van der Waals surface area contributed by atoms with Gasteiger partial charge in [-0.15, -0.1) is 0 Å². The first-order valence-electron chi connectivity index (χ1n) is 7.09. The predicted octanol–water partition coefficient (Wildman–Crippen LogP) is 2.45. The van der Waals surface area contributed by atoms with Crippen LogP contribution in [-0.4, -0.2) is 38.7 Å². The first-order chi connectivity index (χ1) is 10.2. The number of rotatable bonds is 3. The van der Waals surface area contributed by atoms with Crippen molar-refractivity contribution in [3.63, 3.8) is 0 Å². The molecule has 6 heteroatoms. The van der Waals surface area contributed by atoms with Gasteiger partial charge in [0.25, 0.3) is 0 Å². The monoisotopic (exact) mass is 348 g/mol. The molecule has 0 bridgehead atoms. The lowest BCUT2D eigenvalue weighted by Crippen LogP contribution is -2.39. The lowest BCUT2D eigenvalue weighted by atomic mass is 10.0. The number of halogens is 1. The SMILES string of the molecule is O=C(Cc1ccncc1)N1CCC(n2cc(Br)cn2)CC1. The van der Waals surface area contributed by atoms with Crippen LogP contribution in [0.4, 0.5) is 0 Å². The summed E-state index contributed by atoms with van der Waals surface area (Å²) in [6, 6.07) is 4.18. The van der Waals surface area contributed by atoms with Crippen molar-refractivity contribution in [2.75, 3.05) is 13.1 Å². The van der Waals surface area contributed by atoms with Crippen LogP contribution < -0.4 is 0 Å². The molecule has 21 heavy (non-hydrogen) atoms. The average molecular weight is 349 g/mol. The Hall–Kier alpha value is -1.69. The summed E-state index contributed by atoms with van der Waals surface area (Å²) in [7, 11) is 0. The number of hydrogen-bond acceptors (Lipinski definition) is 3. The molecule has 0 saturated carbocycles. The van der Waals surface area contributed by atoms with E-state index in [0.29, 0.717) is 12.5 Å². The molecule has 2 aromatic heterocycles. The fourth-order valence-electron chi connectivity index (χ4n) is 2.68. The number of carbonyl (C=O) groups excluding carboxylic acids is 1. The zero-order valence-electron chi connectivity index (χ0n) is 11.7. The zero-order chi connectivity index (χ0) is 14.7. The number of nitrogens with zero attached hydrogens (tertiary/aromatic N) is 4. The Kier molecular flexibility index (Phi) is 4.34. The molecule has 0 aliphatic carbocycles. The van der Waals surface area contributed by atoms with E-state index in [2.05, 4.69) is 26.0 Å². The molecule has 2 aromatic rings. The van der Waals surface area contributed by atoms with Crippen molar-refractivity contribution in [2.24, 2.45) is 0 Å². The molecule has 0 spiro atoms. The standard InChI is InChI=1S/C15H17BrN4O/c16-13-10-18-20(11-13)14-3-7-19(8-4-14)15(21)9-12-1-5-17-6-2-12/h1-2,5-6,10-11,14H,3-4,7-9H2. The lowest BCUT2D eigenvalue weighted by molar-refractivity contribution is -0.131. The third-order valence-electron chi connectivity index (χ3n) is 3.87. The molecule has 110 valence electrons. The maximum absolute atomic E-state index is 12.3. The smallest absolute Gasteiger partial charge is 0.226 e. The van der Waals surface area contributed by atoms with Crippen molar-refractivity contribution in [1.82, 2.24) is 19.7 Å². The van der Waals surface area contributed by atoms with Gasteiger partial charge in [-0.05, 0) is 46.5 Å². The van der Waals surface area contributed by atoms with Crippen LogP contribution in [0.15, 0.2) is 41.4 Å². The predicted molar refractivity (Wildman–Crippen MR) is 82.7 cm³/mol. The maximum Gasteiger partial charge on any atom is 0.226 e. The minimum absolute atomic E-state index is 0.196. The summed E-state index contributed by atoms with van der Waals surface area (Å²) < 4.78 is 2.99. The van der Waals surface area contributed by atoms with E-state index in [9.17, 15) is 4.79 Å². The summed E-state index contributed by atoms with van der Waals surface area (Å²) in [5.41, 5.74) is 1.02. The molecule has 1 fully saturated rings. The van der Waals surface area contributed by atoms with Crippen molar-refractivity contribution in [3.05, 3.63) is 47.0 Å². The number of aromatic nitrogens is 3. The van der Waals surface area contributed by atoms with Gasteiger partial charge in [-0.3, -0.25) is 14.5 Å². The van der Waals surface area contributed by atoms with Gasteiger partial charge in [0.05, 0.1) is 23.1 Å². The summed E-state index contributed by atoms with van der Waals surface area (Å²) in [4.78, 5) is 18.2. The summed E-state index contributed by atoms with van der Waals surface area (Å²) in [6.07, 6.45) is 9.63. The molecular weight excluding hydrogens is 332 g/mol. The summed E-state index contributed by atoms with van der Waals surface area (Å²) in [5, 5.41) is 4.34. The van der Waals surface area contributed by atoms with Crippen molar-refractivity contribution in [1.29, 1.82) is 0 Å². The second-order valence-corrected chi connectivity index (χ2v) is 6.20. The molecule has 0 N–H and O–H groups in total. The zero-order valence-corrected chi connectivity index (χ0v) is 13.2. The van der Waals surface area contributed by atoms with Crippen LogP contribution in [0.1, 0.15) is 24.4 Å². The van der Waals surface area contributed by atoms with E-state index < -0.39 is 0 Å². The first-order valence-corrected chi connectivity index (χ1v) is 7.88. The van der Waals surface area contributed by atoms with Crippen LogP contribution in [0.3, 0.4) is 0 Å². The summed E-state index contributed by atoms with van der Waals surface area (Å²) in [5.74, 6) is 0.196. The molecular formula is C15H17BrN4O. The normalized spacial score (nSPS) is 16.1. The number of piperidine rings is 1. The minimum atomic E-state index is 0.196. The fourth-order valence-corrected chi connectivity index (χ4v) is 2.98. The second kappa shape index (κ2) is 6.39. The minimum Gasteiger partial charge on any atom is -0.342 e. The molecule has 0 radical (unpaired) electrons. The van der Waals surface area contributed by atoms with E-state index in [1.54, 1.807) is 18.6 Å². The van der Waals surface area contributed by atoms with E-state index in [1.165, 1.54) is 0 Å². The maximum atomic E-state index is 12.3. The highest BCUT2D eigenvalue weighted by Gasteiger charge is 2.24. The number of pyridine rings is 1. The van der Waals surface area contributed by atoms with Gasteiger partial charge in [-0.2, -0.15) is 5.10 Å². The molecule has 0 aromatic carbocycles. The quantitative estimate of drug-likeness (QED) is 0.855. The van der Waals surface area contributed by atoms with Crippen LogP contribution in [-0.2, 0) is 11.2 Å². The molecule has 3 heterocycles. The van der Waals surface area contributed by atoms with Gasteiger partial charge in [-0.1, -0.05) is 0 Å². The summed E-state index contributed by atoms with van der Waals surface area (Å²) in [6.45, 7) is 1.60. The Labute approximate surface area is 132 Å². The van der Waals surface area contributed by atoms with Gasteiger partial charge in [0.2, 0.25) is 5.91 Å². The Morgan fingerprint density at radius 2 is 2.00 bits per heavy atom. The van der Waals surface area contributed by atoms with Crippen molar-refractivity contribution < 1.29 is 4.79 Å². The molecule has 3 rings (SSSR count). The van der Waals surface area contributed by atoms with Gasteiger partial charge in [0, 0.05) is 31.7 Å². The van der Waals surface area contributed by atoms with Crippen LogP contribution in [0, 0.1) is 0 Å². The Morgan fingerprint density at radius 1 is 1.29 bits per heavy atom. The van der Waals surface area contributed by atoms with Crippen molar-refractivity contribution in [2.45, 2.75) is 25.3 Å². The van der Waals surface area contributed by atoms with E-state index in [1.807, 2.05) is 27.9 Å². The molecule has 1 saturated heterocycles. The third-order valence-corrected chi connectivity index (χ3v) is 4.28. The summed E-state index contributed by atoms with van der Waals surface area (Å²) >= 11 is 3.42. The Balaban J connectivity index is 1.54. The Morgan fingerprint density at radius 3 is 2.62 bits per heavy atom. The van der Waals surface area contributed by atoms with Crippen LogP contribution >= 0.6 is 15.9 Å². The molecule has 1 amide bonds. The van der Waals surface area contributed by atoms with Crippen LogP contribution in [0.2, 0.25) is 0 Å². The molecule has 5 nitrogen and oxygen atoms in total. The molecule has 1 aliphatic rings. The highest BCUT2D eigenvalue weighted by molar-refractivity contribution is 9.10. The van der Waals surface area contributed by atoms with Gasteiger partial charge in [-0.25, -0.2) is 0 Å². The van der Waals surface area contributed by atoms with Crippen molar-refractivity contribution >= 4 is 21.8 Å². The van der Waals surface area contributed by atoms with E-state index in [0.717, 1.165) is 36.0 Å². The van der Waals surface area contributed by atoms with Gasteiger partial charge < -0.3 is 4.90 Å². The van der Waals surface area contributed by atoms with Crippen LogP contribution in [0.25, 0.3) is 0 Å². The first kappa shape index (κ1) is 14.3. The van der Waals surface area contributed by atoms with E-state index in [4.69, 9.17) is 0 Å². The lowest BCUT2D eigenvalue weighted by Gasteiger charge is -2.32. The number of hydrogen-bond donors (Lipinski definition) is 0. The van der Waals surface area contributed by atoms with Gasteiger partial charge in [0.15, 0.2) is 0 Å². The Bertz CT molecular complexity index is 605. The molecule has 1 aliphatic heterocycles. The molecule has 0 atom stereocenters. The second-order valence-electron chi connectivity index (χ2n) is 5.28. The van der Waals surface area contributed by atoms with Crippen LogP contribution in [0.5, 0.6) is 0 Å². The topological polar surface area (TPSA) is 51.0 Å². The number of likely N-dealkylation sites (tertiary alicyclic amines) is 1. The van der Waals surface area contributed by atoms with E-state index in [-0.39, 0.29) is 5.91 Å². The highest BCUT2D eigenvalue weighted by Crippen LogP contribution is 2.23. The molecule has 0 unspecified atom stereocenters. The number of amides is 1. The van der Waals surface area contributed by atoms with Gasteiger partial charge in [0.1, 0.15) is 0 Å². The average Bonchev–Trinajstić information content (AvgIpc) is 2.95. The fraction of sp³-hybridized carbons (Fsp3) is 0.400. The van der Waals surface area contributed by atoms with Gasteiger partial charge >= 0.3 is 0 Å². The number of carbonyl (C=O) groups is 1. The van der Waals surface area contributed by atoms with E-state index >= 15 is 0 Å². The van der Waals surface area contributed by atoms with Crippen molar-refractivity contribution in [3.8, 4) is 0 Å². The largest absolute Gasteiger partial charge is 0.342 e.